The van der Waals surface area contributed by atoms with Crippen LogP contribution in [0.5, 0.6) is 0 Å². The predicted molar refractivity (Wildman–Crippen MR) is 56.5 cm³/mol. The first-order valence-corrected chi connectivity index (χ1v) is 4.98. The van der Waals surface area contributed by atoms with Crippen LogP contribution in [-0.2, 0) is 4.74 Å². The molecule has 1 unspecified atom stereocenters. The minimum atomic E-state index is -0.313. The van der Waals surface area contributed by atoms with Crippen LogP contribution in [0.1, 0.15) is 5.69 Å². The Labute approximate surface area is 89.1 Å². The summed E-state index contributed by atoms with van der Waals surface area (Å²) in [5.41, 5.74) is 2.11. The van der Waals surface area contributed by atoms with Crippen LogP contribution in [0.4, 0.5) is 5.69 Å². The number of anilines is 1. The molecule has 0 N–H and O–H groups in total. The Morgan fingerprint density at radius 2 is 2.53 bits per heavy atom. The van der Waals surface area contributed by atoms with Crippen molar-refractivity contribution in [3.05, 3.63) is 24.0 Å². The van der Waals surface area contributed by atoms with Crippen LogP contribution in [0.3, 0.4) is 0 Å². The number of aryl methyl sites for hydroxylation is 1. The lowest BCUT2D eigenvalue weighted by Gasteiger charge is -2.31. The molecule has 0 amide bonds. The lowest BCUT2D eigenvalue weighted by molar-refractivity contribution is 0.0764. The normalized spacial score (nSPS) is 21.1. The van der Waals surface area contributed by atoms with E-state index in [-0.39, 0.29) is 6.10 Å². The third-order valence-corrected chi connectivity index (χ3v) is 2.46. The topological polar surface area (TPSA) is 49.1 Å². The fraction of sp³-hybridized carbons (Fsp3) is 0.455. The molecule has 0 spiro atoms. The summed E-state index contributed by atoms with van der Waals surface area (Å²) >= 11 is 0. The van der Waals surface area contributed by atoms with Gasteiger partial charge in [-0.25, -0.2) is 0 Å². The highest BCUT2D eigenvalue weighted by Crippen LogP contribution is 2.17. The van der Waals surface area contributed by atoms with Gasteiger partial charge in [0.2, 0.25) is 0 Å². The van der Waals surface area contributed by atoms with Gasteiger partial charge in [-0.1, -0.05) is 0 Å². The van der Waals surface area contributed by atoms with E-state index in [4.69, 9.17) is 10.00 Å². The van der Waals surface area contributed by atoms with Crippen LogP contribution in [0.2, 0.25) is 0 Å². The largest absolute Gasteiger partial charge is 0.365 e. The number of hydrogen-bond acceptors (Lipinski definition) is 4. The Morgan fingerprint density at radius 3 is 3.27 bits per heavy atom. The van der Waals surface area contributed by atoms with Gasteiger partial charge in [0.05, 0.1) is 19.2 Å². The molecule has 0 aliphatic carbocycles. The number of aromatic nitrogens is 1. The lowest BCUT2D eigenvalue weighted by atomic mass is 10.2. The highest BCUT2D eigenvalue weighted by molar-refractivity contribution is 5.47. The summed E-state index contributed by atoms with van der Waals surface area (Å²) in [6, 6.07) is 6.13. The van der Waals surface area contributed by atoms with E-state index in [0.717, 1.165) is 17.9 Å². The van der Waals surface area contributed by atoms with Gasteiger partial charge >= 0.3 is 0 Å². The molecule has 1 aliphatic heterocycles. The van der Waals surface area contributed by atoms with Crippen molar-refractivity contribution in [3.8, 4) is 6.07 Å². The van der Waals surface area contributed by atoms with Crippen molar-refractivity contribution in [2.24, 2.45) is 0 Å². The first-order chi connectivity index (χ1) is 7.29. The van der Waals surface area contributed by atoms with E-state index in [9.17, 15) is 0 Å². The average Bonchev–Trinajstić information content (AvgIpc) is 2.29. The minimum absolute atomic E-state index is 0.313. The molecule has 1 aromatic heterocycles. The first kappa shape index (κ1) is 9.94. The highest BCUT2D eigenvalue weighted by Gasteiger charge is 2.19. The van der Waals surface area contributed by atoms with Crippen molar-refractivity contribution in [1.82, 2.24) is 4.98 Å². The van der Waals surface area contributed by atoms with Gasteiger partial charge in [-0.2, -0.15) is 5.26 Å². The van der Waals surface area contributed by atoms with E-state index in [0.29, 0.717) is 13.2 Å². The molecule has 1 aliphatic rings. The third-order valence-electron chi connectivity index (χ3n) is 2.46. The van der Waals surface area contributed by atoms with Gasteiger partial charge in [-0.15, -0.1) is 0 Å². The molecule has 0 radical (unpaired) electrons. The Hall–Kier alpha value is -1.60. The van der Waals surface area contributed by atoms with E-state index in [1.165, 1.54) is 0 Å². The number of rotatable bonds is 1. The van der Waals surface area contributed by atoms with Crippen molar-refractivity contribution >= 4 is 5.69 Å². The Morgan fingerprint density at radius 1 is 1.67 bits per heavy atom. The van der Waals surface area contributed by atoms with Crippen molar-refractivity contribution in [3.63, 3.8) is 0 Å². The summed E-state index contributed by atoms with van der Waals surface area (Å²) in [5.74, 6) is 0. The molecule has 2 heterocycles. The fourth-order valence-electron chi connectivity index (χ4n) is 1.69. The van der Waals surface area contributed by atoms with Crippen LogP contribution >= 0.6 is 0 Å². The van der Waals surface area contributed by atoms with Gasteiger partial charge in [0, 0.05) is 24.1 Å². The number of nitriles is 1. The molecule has 2 rings (SSSR count). The van der Waals surface area contributed by atoms with Crippen molar-refractivity contribution in [2.45, 2.75) is 13.0 Å². The lowest BCUT2D eigenvalue weighted by Crippen LogP contribution is -2.41. The summed E-state index contributed by atoms with van der Waals surface area (Å²) in [5, 5.41) is 8.80. The summed E-state index contributed by atoms with van der Waals surface area (Å²) in [6.07, 6.45) is 1.48. The zero-order chi connectivity index (χ0) is 10.7. The zero-order valence-electron chi connectivity index (χ0n) is 8.68. The number of pyridine rings is 1. The summed E-state index contributed by atoms with van der Waals surface area (Å²) < 4.78 is 5.29. The zero-order valence-corrected chi connectivity index (χ0v) is 8.68. The van der Waals surface area contributed by atoms with Crippen molar-refractivity contribution in [1.29, 1.82) is 5.26 Å². The number of morpholine rings is 1. The Balaban J connectivity index is 2.14. The Bertz CT molecular complexity index is 386. The first-order valence-electron chi connectivity index (χ1n) is 4.98. The molecular weight excluding hydrogens is 190 g/mol. The van der Waals surface area contributed by atoms with E-state index in [2.05, 4.69) is 16.0 Å². The van der Waals surface area contributed by atoms with E-state index >= 15 is 0 Å². The van der Waals surface area contributed by atoms with Crippen LogP contribution in [0.25, 0.3) is 0 Å². The van der Waals surface area contributed by atoms with Crippen LogP contribution < -0.4 is 4.90 Å². The van der Waals surface area contributed by atoms with Gasteiger partial charge in [-0.3, -0.25) is 4.98 Å². The highest BCUT2D eigenvalue weighted by atomic mass is 16.5. The molecule has 15 heavy (non-hydrogen) atoms. The van der Waals surface area contributed by atoms with Crippen molar-refractivity contribution < 1.29 is 4.74 Å². The maximum Gasteiger partial charge on any atom is 0.161 e. The second kappa shape index (κ2) is 4.28. The minimum Gasteiger partial charge on any atom is -0.365 e. The quantitative estimate of drug-likeness (QED) is 0.686. The standard InChI is InChI=1S/C11H13N3O/c1-9-6-10(2-3-13-9)14-4-5-15-11(7-12)8-14/h2-3,6,11H,4-5,8H2,1H3. The molecule has 0 saturated carbocycles. The molecule has 1 fully saturated rings. The second-order valence-corrected chi connectivity index (χ2v) is 3.59. The SMILES string of the molecule is Cc1cc(N2CCOC(C#N)C2)ccn1. The average molecular weight is 203 g/mol. The van der Waals surface area contributed by atoms with Gasteiger partial charge in [0.25, 0.3) is 0 Å². The molecule has 1 atom stereocenters. The fourth-order valence-corrected chi connectivity index (χ4v) is 1.69. The van der Waals surface area contributed by atoms with E-state index in [1.54, 1.807) is 6.20 Å². The monoisotopic (exact) mass is 203 g/mol. The molecule has 4 heteroatoms. The summed E-state index contributed by atoms with van der Waals surface area (Å²) in [7, 11) is 0. The number of ether oxygens (including phenoxy) is 1. The smallest absolute Gasteiger partial charge is 0.161 e. The van der Waals surface area contributed by atoms with Gasteiger partial charge < -0.3 is 9.64 Å². The number of hydrogen-bond donors (Lipinski definition) is 0. The van der Waals surface area contributed by atoms with E-state index in [1.807, 2.05) is 19.1 Å². The van der Waals surface area contributed by atoms with Crippen molar-refractivity contribution in [2.75, 3.05) is 24.6 Å². The maximum absolute atomic E-state index is 8.80. The molecule has 1 aromatic rings. The molecular formula is C11H13N3O. The van der Waals surface area contributed by atoms with Gasteiger partial charge in [0.1, 0.15) is 0 Å². The van der Waals surface area contributed by atoms with Gasteiger partial charge in [0.15, 0.2) is 6.10 Å². The summed E-state index contributed by atoms with van der Waals surface area (Å²) in [6.45, 7) is 4.05. The molecule has 0 aromatic carbocycles. The molecule has 4 nitrogen and oxygen atoms in total. The summed E-state index contributed by atoms with van der Waals surface area (Å²) in [4.78, 5) is 6.31. The maximum atomic E-state index is 8.80. The Kier molecular flexibility index (Phi) is 2.84. The predicted octanol–water partition coefficient (Wildman–Crippen LogP) is 1.12. The third kappa shape index (κ3) is 2.25. The van der Waals surface area contributed by atoms with Crippen LogP contribution in [0.15, 0.2) is 18.3 Å². The molecule has 1 saturated heterocycles. The van der Waals surface area contributed by atoms with Crippen LogP contribution in [0, 0.1) is 18.3 Å². The van der Waals surface area contributed by atoms with E-state index < -0.39 is 0 Å². The second-order valence-electron chi connectivity index (χ2n) is 3.59. The molecule has 78 valence electrons. The number of nitrogens with zero attached hydrogens (tertiary/aromatic N) is 3. The van der Waals surface area contributed by atoms with Crippen LogP contribution in [-0.4, -0.2) is 30.8 Å². The van der Waals surface area contributed by atoms with Gasteiger partial charge in [-0.05, 0) is 19.1 Å². The molecule has 0 bridgehead atoms.